The van der Waals surface area contributed by atoms with Crippen LogP contribution in [0.1, 0.15) is 18.4 Å². The van der Waals surface area contributed by atoms with E-state index in [9.17, 15) is 0 Å². The third-order valence-electron chi connectivity index (χ3n) is 3.62. The number of benzene rings is 1. The fourth-order valence-corrected chi connectivity index (χ4v) is 2.96. The Morgan fingerprint density at radius 3 is 2.78 bits per heavy atom. The zero-order valence-corrected chi connectivity index (χ0v) is 12.5. The maximum Gasteiger partial charge on any atom is 0.0465 e. The molecule has 1 fully saturated rings. The largest absolute Gasteiger partial charge is 0.305 e. The molecule has 4 heteroatoms. The molecule has 100 valence electrons. The van der Waals surface area contributed by atoms with E-state index in [-0.39, 0.29) is 0 Å². The highest BCUT2D eigenvalue weighted by molar-refractivity contribution is 6.35. The van der Waals surface area contributed by atoms with Gasteiger partial charge in [0.1, 0.15) is 0 Å². The summed E-state index contributed by atoms with van der Waals surface area (Å²) in [5.74, 6) is 0. The molecule has 1 aliphatic heterocycles. The molecule has 0 radical (unpaired) electrons. The van der Waals surface area contributed by atoms with Crippen molar-refractivity contribution in [3.63, 3.8) is 0 Å². The average molecular weight is 287 g/mol. The molecule has 0 bridgehead atoms. The number of hydrogen-bond donors (Lipinski definition) is 0. The third-order valence-corrected chi connectivity index (χ3v) is 4.21. The average Bonchev–Trinajstić information content (AvgIpc) is 2.33. The first kappa shape index (κ1) is 14.1. The summed E-state index contributed by atoms with van der Waals surface area (Å²) in [4.78, 5) is 4.79. The maximum absolute atomic E-state index is 6.23. The number of likely N-dealkylation sites (N-methyl/N-ethyl adjacent to an activating group) is 1. The Labute approximate surface area is 119 Å². The lowest BCUT2D eigenvalue weighted by Gasteiger charge is -2.36. The van der Waals surface area contributed by atoms with Gasteiger partial charge in [-0.15, -0.1) is 0 Å². The van der Waals surface area contributed by atoms with Crippen LogP contribution in [0.5, 0.6) is 0 Å². The van der Waals surface area contributed by atoms with E-state index in [1.165, 1.54) is 18.4 Å². The molecule has 2 nitrogen and oxygen atoms in total. The monoisotopic (exact) mass is 286 g/mol. The minimum Gasteiger partial charge on any atom is -0.305 e. The van der Waals surface area contributed by atoms with Crippen LogP contribution in [-0.2, 0) is 6.54 Å². The van der Waals surface area contributed by atoms with Crippen molar-refractivity contribution < 1.29 is 0 Å². The van der Waals surface area contributed by atoms with Gasteiger partial charge in [0.25, 0.3) is 0 Å². The molecule has 18 heavy (non-hydrogen) atoms. The second-order valence-corrected chi connectivity index (χ2v) is 6.07. The minimum atomic E-state index is 0.657. The highest BCUT2D eigenvalue weighted by atomic mass is 35.5. The lowest BCUT2D eigenvalue weighted by Crippen LogP contribution is -2.44. The third kappa shape index (κ3) is 3.61. The van der Waals surface area contributed by atoms with Gasteiger partial charge < -0.3 is 4.90 Å². The number of halogens is 2. The summed E-state index contributed by atoms with van der Waals surface area (Å²) in [5.41, 5.74) is 1.17. The number of hydrogen-bond acceptors (Lipinski definition) is 2. The molecule has 1 aliphatic rings. The van der Waals surface area contributed by atoms with Crippen LogP contribution in [-0.4, -0.2) is 43.0 Å². The van der Waals surface area contributed by atoms with Crippen molar-refractivity contribution in [2.75, 3.05) is 27.2 Å². The highest BCUT2D eigenvalue weighted by Gasteiger charge is 2.21. The van der Waals surface area contributed by atoms with Gasteiger partial charge in [0.2, 0.25) is 0 Å². The molecule has 2 rings (SSSR count). The van der Waals surface area contributed by atoms with Crippen molar-refractivity contribution in [3.8, 4) is 0 Å². The molecule has 1 atom stereocenters. The van der Waals surface area contributed by atoms with Crippen LogP contribution in [0.4, 0.5) is 0 Å². The summed E-state index contributed by atoms with van der Waals surface area (Å²) < 4.78 is 0. The summed E-state index contributed by atoms with van der Waals surface area (Å²) in [6, 6.07) is 6.43. The Kier molecular flexibility index (Phi) is 4.91. The van der Waals surface area contributed by atoms with Crippen molar-refractivity contribution in [1.82, 2.24) is 9.80 Å². The molecular formula is C14H20Cl2N2. The fraction of sp³-hybridized carbons (Fsp3) is 0.571. The van der Waals surface area contributed by atoms with Gasteiger partial charge >= 0.3 is 0 Å². The van der Waals surface area contributed by atoms with E-state index in [4.69, 9.17) is 23.2 Å². The van der Waals surface area contributed by atoms with Crippen LogP contribution in [0.25, 0.3) is 0 Å². The van der Waals surface area contributed by atoms with Crippen molar-refractivity contribution in [2.45, 2.75) is 25.4 Å². The van der Waals surface area contributed by atoms with E-state index in [2.05, 4.69) is 23.9 Å². The van der Waals surface area contributed by atoms with Crippen molar-refractivity contribution in [3.05, 3.63) is 33.8 Å². The number of piperidine rings is 1. The van der Waals surface area contributed by atoms with Gasteiger partial charge in [0.05, 0.1) is 0 Å². The summed E-state index contributed by atoms with van der Waals surface area (Å²) in [5, 5.41) is 1.48. The van der Waals surface area contributed by atoms with E-state index in [0.29, 0.717) is 11.1 Å². The van der Waals surface area contributed by atoms with E-state index >= 15 is 0 Å². The van der Waals surface area contributed by atoms with Gasteiger partial charge in [-0.1, -0.05) is 29.3 Å². The molecule has 1 heterocycles. The topological polar surface area (TPSA) is 6.48 Å². The standard InChI is InChI=1S/C14H20Cl2N2/c1-17(2)13-4-3-7-18(10-13)9-11-5-6-12(15)8-14(11)16/h5-6,8,13H,3-4,7,9-10H2,1-2H3. The molecule has 1 aromatic rings. The summed E-state index contributed by atoms with van der Waals surface area (Å²) in [6.07, 6.45) is 2.55. The Balaban J connectivity index is 2.00. The lowest BCUT2D eigenvalue weighted by molar-refractivity contribution is 0.128. The van der Waals surface area contributed by atoms with E-state index in [1.807, 2.05) is 18.2 Å². The lowest BCUT2D eigenvalue weighted by atomic mass is 10.0. The summed E-state index contributed by atoms with van der Waals surface area (Å²) in [6.45, 7) is 3.19. The second-order valence-electron chi connectivity index (χ2n) is 5.23. The molecule has 1 saturated heterocycles. The van der Waals surface area contributed by atoms with Crippen LogP contribution in [0, 0.1) is 0 Å². The molecular weight excluding hydrogens is 267 g/mol. The zero-order valence-electron chi connectivity index (χ0n) is 11.0. The van der Waals surface area contributed by atoms with Gasteiger partial charge in [0, 0.05) is 29.2 Å². The van der Waals surface area contributed by atoms with Crippen molar-refractivity contribution in [1.29, 1.82) is 0 Å². The molecule has 0 amide bonds. The van der Waals surface area contributed by atoms with Gasteiger partial charge in [-0.3, -0.25) is 4.90 Å². The fourth-order valence-electron chi connectivity index (χ4n) is 2.49. The number of likely N-dealkylation sites (tertiary alicyclic amines) is 1. The predicted molar refractivity (Wildman–Crippen MR) is 78.4 cm³/mol. The van der Waals surface area contributed by atoms with E-state index in [1.54, 1.807) is 0 Å². The quantitative estimate of drug-likeness (QED) is 0.839. The molecule has 0 aliphatic carbocycles. The molecule has 0 saturated carbocycles. The Morgan fingerprint density at radius 2 is 2.11 bits per heavy atom. The van der Waals surface area contributed by atoms with Crippen LogP contribution in [0.3, 0.4) is 0 Å². The van der Waals surface area contributed by atoms with Gasteiger partial charge in [-0.2, -0.15) is 0 Å². The first-order valence-electron chi connectivity index (χ1n) is 6.39. The van der Waals surface area contributed by atoms with E-state index < -0.39 is 0 Å². The predicted octanol–water partition coefficient (Wildman–Crippen LogP) is 3.52. The minimum absolute atomic E-state index is 0.657. The molecule has 0 aromatic heterocycles. The van der Waals surface area contributed by atoms with Gasteiger partial charge in [-0.25, -0.2) is 0 Å². The first-order valence-corrected chi connectivity index (χ1v) is 7.14. The molecule has 1 aromatic carbocycles. The second kappa shape index (κ2) is 6.25. The van der Waals surface area contributed by atoms with Crippen LogP contribution < -0.4 is 0 Å². The first-order chi connectivity index (χ1) is 8.56. The van der Waals surface area contributed by atoms with Crippen LogP contribution in [0.15, 0.2) is 18.2 Å². The van der Waals surface area contributed by atoms with Crippen LogP contribution >= 0.6 is 23.2 Å². The smallest absolute Gasteiger partial charge is 0.0465 e. The summed E-state index contributed by atoms with van der Waals surface area (Å²) in [7, 11) is 4.31. The Hall–Kier alpha value is -0.280. The van der Waals surface area contributed by atoms with Gasteiger partial charge in [-0.05, 0) is 51.2 Å². The zero-order chi connectivity index (χ0) is 13.1. The Morgan fingerprint density at radius 1 is 1.33 bits per heavy atom. The molecule has 0 spiro atoms. The number of nitrogens with zero attached hydrogens (tertiary/aromatic N) is 2. The Bertz CT molecular complexity index is 407. The number of rotatable bonds is 3. The normalized spacial score (nSPS) is 21.5. The van der Waals surface area contributed by atoms with Gasteiger partial charge in [0.15, 0.2) is 0 Å². The summed E-state index contributed by atoms with van der Waals surface area (Å²) >= 11 is 12.1. The maximum atomic E-state index is 6.23. The SMILES string of the molecule is CN(C)C1CCCN(Cc2ccc(Cl)cc2Cl)C1. The molecule has 0 N–H and O–H groups in total. The van der Waals surface area contributed by atoms with Crippen molar-refractivity contribution >= 4 is 23.2 Å². The van der Waals surface area contributed by atoms with Crippen molar-refractivity contribution in [2.24, 2.45) is 0 Å². The van der Waals surface area contributed by atoms with E-state index in [0.717, 1.165) is 24.7 Å². The highest BCUT2D eigenvalue weighted by Crippen LogP contribution is 2.24. The molecule has 1 unspecified atom stereocenters. The van der Waals surface area contributed by atoms with Crippen LogP contribution in [0.2, 0.25) is 10.0 Å².